The fraction of sp³-hybridized carbons (Fsp3) is 0.136. The van der Waals surface area contributed by atoms with E-state index in [0.717, 1.165) is 21.8 Å². The monoisotopic (exact) mass is 417 g/mol. The molecular formula is C22H19N5O2S. The lowest BCUT2D eigenvalue weighted by atomic mass is 10.1. The Bertz CT molecular complexity index is 1230. The van der Waals surface area contributed by atoms with Crippen LogP contribution >= 0.6 is 11.3 Å². The van der Waals surface area contributed by atoms with Crippen LogP contribution in [0.1, 0.15) is 18.3 Å². The third-order valence-corrected chi connectivity index (χ3v) is 5.32. The maximum Gasteiger partial charge on any atom is 0.251 e. The van der Waals surface area contributed by atoms with Gasteiger partial charge in [0.15, 0.2) is 0 Å². The maximum absolute atomic E-state index is 12.5. The number of nitrogens with one attached hydrogen (secondary N) is 2. The first-order chi connectivity index (χ1) is 14.6. The molecule has 1 aromatic carbocycles. The van der Waals surface area contributed by atoms with Gasteiger partial charge in [-0.3, -0.25) is 14.6 Å². The van der Waals surface area contributed by atoms with Crippen LogP contribution in [-0.2, 0) is 17.6 Å². The number of thiazole rings is 1. The highest BCUT2D eigenvalue weighted by atomic mass is 32.1. The van der Waals surface area contributed by atoms with E-state index in [0.29, 0.717) is 23.6 Å². The fourth-order valence-electron chi connectivity index (χ4n) is 2.95. The van der Waals surface area contributed by atoms with Crippen molar-refractivity contribution in [3.63, 3.8) is 0 Å². The minimum absolute atomic E-state index is 0.168. The van der Waals surface area contributed by atoms with Gasteiger partial charge in [0.2, 0.25) is 5.91 Å². The molecule has 2 N–H and O–H groups in total. The summed E-state index contributed by atoms with van der Waals surface area (Å²) in [6.45, 7) is 1.94. The van der Waals surface area contributed by atoms with Crippen molar-refractivity contribution in [3.05, 3.63) is 82.0 Å². The van der Waals surface area contributed by atoms with Crippen molar-refractivity contribution >= 4 is 22.9 Å². The summed E-state index contributed by atoms with van der Waals surface area (Å²) in [5.74, 6) is 0.315. The molecular weight excluding hydrogens is 398 g/mol. The summed E-state index contributed by atoms with van der Waals surface area (Å²) >= 11 is 1.48. The van der Waals surface area contributed by atoms with Crippen molar-refractivity contribution in [1.82, 2.24) is 19.9 Å². The van der Waals surface area contributed by atoms with Gasteiger partial charge in [-0.25, -0.2) is 9.97 Å². The quantitative estimate of drug-likeness (QED) is 0.498. The topological polar surface area (TPSA) is 101 Å². The molecule has 0 unspecified atom stereocenters. The zero-order valence-electron chi connectivity index (χ0n) is 16.3. The number of aromatic amines is 1. The lowest BCUT2D eigenvalue weighted by Gasteiger charge is -2.07. The molecule has 0 radical (unpaired) electrons. The molecule has 0 atom stereocenters. The van der Waals surface area contributed by atoms with E-state index in [-0.39, 0.29) is 17.9 Å². The van der Waals surface area contributed by atoms with E-state index in [9.17, 15) is 9.59 Å². The summed E-state index contributed by atoms with van der Waals surface area (Å²) in [6, 6.07) is 12.5. The summed E-state index contributed by atoms with van der Waals surface area (Å²) in [7, 11) is 0. The van der Waals surface area contributed by atoms with Gasteiger partial charge in [-0.1, -0.05) is 19.1 Å². The number of hydrogen-bond acceptors (Lipinski definition) is 6. The molecule has 3 heterocycles. The Hall–Kier alpha value is -3.65. The van der Waals surface area contributed by atoms with Gasteiger partial charge in [-0.05, 0) is 30.7 Å². The highest BCUT2D eigenvalue weighted by Crippen LogP contribution is 2.23. The van der Waals surface area contributed by atoms with Crippen molar-refractivity contribution in [2.45, 2.75) is 19.8 Å². The summed E-state index contributed by atoms with van der Waals surface area (Å²) in [4.78, 5) is 40.2. The Labute approximate surface area is 176 Å². The van der Waals surface area contributed by atoms with Crippen LogP contribution in [0.15, 0.2) is 65.0 Å². The number of hydrogen-bond donors (Lipinski definition) is 2. The van der Waals surface area contributed by atoms with Crippen molar-refractivity contribution in [1.29, 1.82) is 0 Å². The Morgan fingerprint density at radius 1 is 1.10 bits per heavy atom. The lowest BCUT2D eigenvalue weighted by Crippen LogP contribution is -2.15. The SMILES string of the molecule is CCc1cc(=O)[nH]c(-c2cccc(NC(=O)Cc3csc(-c4cccnc4)n3)c2)n1. The molecule has 0 aliphatic rings. The van der Waals surface area contributed by atoms with Gasteiger partial charge in [0.05, 0.1) is 12.1 Å². The molecule has 0 spiro atoms. The molecule has 0 aliphatic heterocycles. The van der Waals surface area contributed by atoms with Crippen LogP contribution in [-0.4, -0.2) is 25.8 Å². The van der Waals surface area contributed by atoms with Crippen LogP contribution in [0.25, 0.3) is 22.0 Å². The van der Waals surface area contributed by atoms with E-state index >= 15 is 0 Å². The zero-order valence-corrected chi connectivity index (χ0v) is 17.1. The second-order valence-electron chi connectivity index (χ2n) is 6.63. The maximum atomic E-state index is 12.5. The number of aryl methyl sites for hydroxylation is 1. The number of aromatic nitrogens is 4. The van der Waals surface area contributed by atoms with Crippen LogP contribution in [0.3, 0.4) is 0 Å². The molecule has 0 saturated heterocycles. The molecule has 8 heteroatoms. The standard InChI is InChI=1S/C22H19N5O2S/c1-2-16-10-20(29)27-21(25-16)14-5-3-7-17(9-14)24-19(28)11-18-13-30-22(26-18)15-6-4-8-23-12-15/h3-10,12-13H,2,11H2,1H3,(H,24,28)(H,25,27,29). The summed E-state index contributed by atoms with van der Waals surface area (Å²) < 4.78 is 0. The predicted molar refractivity (Wildman–Crippen MR) is 117 cm³/mol. The number of carbonyl (C=O) groups excluding carboxylic acids is 1. The minimum Gasteiger partial charge on any atom is -0.326 e. The number of amides is 1. The van der Waals surface area contributed by atoms with E-state index in [4.69, 9.17) is 0 Å². The average Bonchev–Trinajstić information content (AvgIpc) is 3.22. The van der Waals surface area contributed by atoms with E-state index < -0.39 is 0 Å². The largest absolute Gasteiger partial charge is 0.326 e. The summed E-state index contributed by atoms with van der Waals surface area (Å²) in [5, 5.41) is 5.60. The number of carbonyl (C=O) groups is 1. The number of nitrogens with zero attached hydrogens (tertiary/aromatic N) is 3. The van der Waals surface area contributed by atoms with Crippen LogP contribution in [0.5, 0.6) is 0 Å². The van der Waals surface area contributed by atoms with Crippen LogP contribution in [0, 0.1) is 0 Å². The van der Waals surface area contributed by atoms with E-state index in [1.54, 1.807) is 24.5 Å². The molecule has 1 amide bonds. The molecule has 3 aromatic heterocycles. The van der Waals surface area contributed by atoms with Gasteiger partial charge in [0, 0.05) is 46.3 Å². The second kappa shape index (κ2) is 8.79. The van der Waals surface area contributed by atoms with Gasteiger partial charge in [-0.15, -0.1) is 11.3 Å². The second-order valence-corrected chi connectivity index (χ2v) is 7.49. The summed E-state index contributed by atoms with van der Waals surface area (Å²) in [5.41, 5.74) is 3.51. The Balaban J connectivity index is 1.47. The number of rotatable bonds is 6. The van der Waals surface area contributed by atoms with E-state index in [1.165, 1.54) is 17.4 Å². The highest BCUT2D eigenvalue weighted by Gasteiger charge is 2.11. The van der Waals surface area contributed by atoms with Crippen molar-refractivity contribution in [2.24, 2.45) is 0 Å². The third kappa shape index (κ3) is 4.66. The number of anilines is 1. The van der Waals surface area contributed by atoms with E-state index in [1.807, 2.05) is 36.6 Å². The molecule has 30 heavy (non-hydrogen) atoms. The van der Waals surface area contributed by atoms with Crippen molar-refractivity contribution < 1.29 is 4.79 Å². The minimum atomic E-state index is -0.195. The molecule has 4 rings (SSSR count). The Kier molecular flexibility index (Phi) is 5.76. The number of H-pyrrole nitrogens is 1. The predicted octanol–water partition coefficient (Wildman–Crippen LogP) is 3.70. The van der Waals surface area contributed by atoms with Gasteiger partial charge in [0.1, 0.15) is 10.8 Å². The summed E-state index contributed by atoms with van der Waals surface area (Å²) in [6.07, 6.45) is 4.30. The molecule has 150 valence electrons. The molecule has 0 saturated carbocycles. The van der Waals surface area contributed by atoms with Crippen LogP contribution < -0.4 is 10.9 Å². The Morgan fingerprint density at radius 3 is 2.77 bits per heavy atom. The van der Waals surface area contributed by atoms with Crippen LogP contribution in [0.4, 0.5) is 5.69 Å². The van der Waals surface area contributed by atoms with E-state index in [2.05, 4.69) is 25.3 Å². The Morgan fingerprint density at radius 2 is 1.97 bits per heavy atom. The van der Waals surface area contributed by atoms with Crippen LogP contribution in [0.2, 0.25) is 0 Å². The number of pyridine rings is 1. The van der Waals surface area contributed by atoms with Gasteiger partial charge in [-0.2, -0.15) is 0 Å². The lowest BCUT2D eigenvalue weighted by molar-refractivity contribution is -0.115. The molecule has 4 aromatic rings. The van der Waals surface area contributed by atoms with Gasteiger partial charge >= 0.3 is 0 Å². The third-order valence-electron chi connectivity index (χ3n) is 4.38. The normalized spacial score (nSPS) is 10.7. The van der Waals surface area contributed by atoms with Crippen molar-refractivity contribution in [2.75, 3.05) is 5.32 Å². The number of benzene rings is 1. The first-order valence-corrected chi connectivity index (χ1v) is 10.3. The smallest absolute Gasteiger partial charge is 0.251 e. The molecule has 7 nitrogen and oxygen atoms in total. The molecule has 0 bridgehead atoms. The zero-order chi connectivity index (χ0) is 20.9. The first-order valence-electron chi connectivity index (χ1n) is 9.46. The molecule has 0 fully saturated rings. The average molecular weight is 417 g/mol. The molecule has 0 aliphatic carbocycles. The fourth-order valence-corrected chi connectivity index (χ4v) is 3.76. The van der Waals surface area contributed by atoms with Gasteiger partial charge in [0.25, 0.3) is 5.56 Å². The van der Waals surface area contributed by atoms with Crippen molar-refractivity contribution in [3.8, 4) is 22.0 Å². The highest BCUT2D eigenvalue weighted by molar-refractivity contribution is 7.13. The van der Waals surface area contributed by atoms with Gasteiger partial charge < -0.3 is 10.3 Å². The first kappa shape index (κ1) is 19.7.